The predicted molar refractivity (Wildman–Crippen MR) is 103 cm³/mol. The van der Waals surface area contributed by atoms with Gasteiger partial charge in [0.1, 0.15) is 5.75 Å². The van der Waals surface area contributed by atoms with Gasteiger partial charge in [-0.1, -0.05) is 6.07 Å². The van der Waals surface area contributed by atoms with E-state index in [0.717, 1.165) is 36.3 Å². The molecule has 2 heterocycles. The minimum Gasteiger partial charge on any atom is -0.497 e. The zero-order valence-electron chi connectivity index (χ0n) is 14.6. The molecule has 0 saturated heterocycles. The number of thiophene rings is 1. The van der Waals surface area contributed by atoms with Crippen molar-refractivity contribution >= 4 is 17.2 Å². The molecule has 1 aromatic carbocycles. The van der Waals surface area contributed by atoms with E-state index in [0.29, 0.717) is 18.0 Å². The Morgan fingerprint density at radius 1 is 1.42 bits per heavy atom. The number of rotatable bonds is 5. The second-order valence-corrected chi connectivity index (χ2v) is 7.31. The van der Waals surface area contributed by atoms with Crippen LogP contribution in [-0.2, 0) is 6.42 Å². The molecule has 6 heteroatoms. The highest BCUT2D eigenvalue weighted by Crippen LogP contribution is 2.33. The van der Waals surface area contributed by atoms with Crippen molar-refractivity contribution in [2.75, 3.05) is 13.7 Å². The topological polar surface area (TPSA) is 67.0 Å². The third kappa shape index (κ3) is 3.24. The number of ether oxygens (including phenoxy) is 1. The number of benzene rings is 1. The SMILES string of the molecule is COc1ccc2c(c1)CCCC2CNC(=O)c1cn[nH]c1-c1ccsc1. The van der Waals surface area contributed by atoms with Crippen molar-refractivity contribution in [2.24, 2.45) is 0 Å². The van der Waals surface area contributed by atoms with Crippen molar-refractivity contribution in [3.05, 3.63) is 57.9 Å². The molecule has 134 valence electrons. The molecular weight excluding hydrogens is 346 g/mol. The summed E-state index contributed by atoms with van der Waals surface area (Å²) in [4.78, 5) is 12.7. The Labute approximate surface area is 156 Å². The number of methoxy groups -OCH3 is 1. The van der Waals surface area contributed by atoms with E-state index in [9.17, 15) is 4.79 Å². The van der Waals surface area contributed by atoms with Crippen LogP contribution in [0.4, 0.5) is 0 Å². The van der Waals surface area contributed by atoms with Gasteiger partial charge < -0.3 is 10.1 Å². The Balaban J connectivity index is 1.47. The van der Waals surface area contributed by atoms with Gasteiger partial charge in [0.25, 0.3) is 5.91 Å². The molecule has 1 unspecified atom stereocenters. The van der Waals surface area contributed by atoms with Crippen LogP contribution in [0.25, 0.3) is 11.3 Å². The summed E-state index contributed by atoms with van der Waals surface area (Å²) < 4.78 is 5.33. The predicted octanol–water partition coefficient (Wildman–Crippen LogP) is 4.00. The minimum atomic E-state index is -0.0828. The lowest BCUT2D eigenvalue weighted by Crippen LogP contribution is -2.30. The summed E-state index contributed by atoms with van der Waals surface area (Å²) in [5.41, 5.74) is 5.01. The number of H-pyrrole nitrogens is 1. The molecule has 26 heavy (non-hydrogen) atoms. The van der Waals surface area contributed by atoms with Crippen LogP contribution in [0.2, 0.25) is 0 Å². The van der Waals surface area contributed by atoms with E-state index < -0.39 is 0 Å². The van der Waals surface area contributed by atoms with Crippen molar-refractivity contribution in [1.29, 1.82) is 0 Å². The van der Waals surface area contributed by atoms with Crippen molar-refractivity contribution in [2.45, 2.75) is 25.2 Å². The molecule has 0 bridgehead atoms. The maximum atomic E-state index is 12.7. The molecule has 2 N–H and O–H groups in total. The average Bonchev–Trinajstić information content (AvgIpc) is 3.36. The highest BCUT2D eigenvalue weighted by molar-refractivity contribution is 7.08. The largest absolute Gasteiger partial charge is 0.497 e. The summed E-state index contributed by atoms with van der Waals surface area (Å²) >= 11 is 1.60. The van der Waals surface area contributed by atoms with Crippen LogP contribution in [0.1, 0.15) is 40.2 Å². The van der Waals surface area contributed by atoms with Crippen LogP contribution in [0.5, 0.6) is 5.75 Å². The first kappa shape index (κ1) is 16.8. The average molecular weight is 367 g/mol. The third-order valence-corrected chi connectivity index (χ3v) is 5.67. The number of nitrogens with one attached hydrogen (secondary N) is 2. The summed E-state index contributed by atoms with van der Waals surface area (Å²) in [7, 11) is 1.69. The maximum absolute atomic E-state index is 12.7. The van der Waals surface area contributed by atoms with Crippen LogP contribution < -0.4 is 10.1 Å². The molecule has 1 amide bonds. The van der Waals surface area contributed by atoms with Crippen LogP contribution in [0.3, 0.4) is 0 Å². The van der Waals surface area contributed by atoms with Crippen LogP contribution in [0, 0.1) is 0 Å². The summed E-state index contributed by atoms with van der Waals surface area (Å²) in [5.74, 6) is 1.15. The Morgan fingerprint density at radius 3 is 3.15 bits per heavy atom. The van der Waals surface area contributed by atoms with Crippen molar-refractivity contribution in [1.82, 2.24) is 15.5 Å². The minimum absolute atomic E-state index is 0.0828. The molecule has 3 aromatic rings. The molecule has 1 aliphatic carbocycles. The molecule has 4 rings (SSSR count). The van der Waals surface area contributed by atoms with E-state index in [1.54, 1.807) is 24.6 Å². The number of carbonyl (C=O) groups excluding carboxylic acids is 1. The monoisotopic (exact) mass is 367 g/mol. The van der Waals surface area contributed by atoms with Crippen molar-refractivity contribution < 1.29 is 9.53 Å². The number of nitrogens with zero attached hydrogens (tertiary/aromatic N) is 1. The van der Waals surface area contributed by atoms with Gasteiger partial charge in [0.2, 0.25) is 0 Å². The first-order chi connectivity index (χ1) is 12.8. The summed E-state index contributed by atoms with van der Waals surface area (Å²) in [6, 6.07) is 8.25. The normalized spacial score (nSPS) is 16.1. The quantitative estimate of drug-likeness (QED) is 0.716. The first-order valence-electron chi connectivity index (χ1n) is 8.77. The molecule has 0 fully saturated rings. The van der Waals surface area contributed by atoms with E-state index >= 15 is 0 Å². The number of fused-ring (bicyclic) bond motifs is 1. The fourth-order valence-corrected chi connectivity index (χ4v) is 4.27. The van der Waals surface area contributed by atoms with Crippen molar-refractivity contribution in [3.8, 4) is 17.0 Å². The van der Waals surface area contributed by atoms with Gasteiger partial charge in [-0.15, -0.1) is 0 Å². The fourth-order valence-electron chi connectivity index (χ4n) is 3.63. The highest BCUT2D eigenvalue weighted by atomic mass is 32.1. The summed E-state index contributed by atoms with van der Waals surface area (Å²) in [6.45, 7) is 0.631. The highest BCUT2D eigenvalue weighted by Gasteiger charge is 2.22. The van der Waals surface area contributed by atoms with Gasteiger partial charge in [-0.25, -0.2) is 0 Å². The van der Waals surface area contributed by atoms with Gasteiger partial charge in [0, 0.05) is 23.4 Å². The van der Waals surface area contributed by atoms with Crippen LogP contribution in [0.15, 0.2) is 41.2 Å². The molecule has 0 spiro atoms. The van der Waals surface area contributed by atoms with Crippen LogP contribution >= 0.6 is 11.3 Å². The molecule has 0 radical (unpaired) electrons. The lowest BCUT2D eigenvalue weighted by Gasteiger charge is -2.26. The summed E-state index contributed by atoms with van der Waals surface area (Å²) in [6.07, 6.45) is 4.89. The molecule has 1 aliphatic rings. The van der Waals surface area contributed by atoms with E-state index in [2.05, 4.69) is 27.6 Å². The van der Waals surface area contributed by atoms with Gasteiger partial charge in [-0.05, 0) is 54.0 Å². The van der Waals surface area contributed by atoms with Gasteiger partial charge in [-0.2, -0.15) is 16.4 Å². The molecule has 5 nitrogen and oxygen atoms in total. The van der Waals surface area contributed by atoms with Crippen LogP contribution in [-0.4, -0.2) is 29.8 Å². The lowest BCUT2D eigenvalue weighted by atomic mass is 9.82. The number of aryl methyl sites for hydroxylation is 1. The van der Waals surface area contributed by atoms with E-state index in [4.69, 9.17) is 4.74 Å². The number of carbonyl (C=O) groups is 1. The molecule has 0 saturated carbocycles. The third-order valence-electron chi connectivity index (χ3n) is 4.99. The molecule has 0 aliphatic heterocycles. The van der Waals surface area contributed by atoms with E-state index in [1.165, 1.54) is 11.1 Å². The Kier molecular flexibility index (Phi) is 4.75. The first-order valence-corrected chi connectivity index (χ1v) is 9.71. The van der Waals surface area contributed by atoms with Gasteiger partial charge in [0.15, 0.2) is 0 Å². The number of hydrogen-bond donors (Lipinski definition) is 2. The second-order valence-electron chi connectivity index (χ2n) is 6.53. The Hall–Kier alpha value is -2.60. The maximum Gasteiger partial charge on any atom is 0.255 e. The fraction of sp³-hybridized carbons (Fsp3) is 0.300. The van der Waals surface area contributed by atoms with Gasteiger partial charge in [0.05, 0.1) is 24.6 Å². The molecular formula is C20H21N3O2S. The number of aromatic nitrogens is 2. The zero-order valence-corrected chi connectivity index (χ0v) is 15.4. The van der Waals surface area contributed by atoms with Crippen molar-refractivity contribution in [3.63, 3.8) is 0 Å². The Morgan fingerprint density at radius 2 is 2.35 bits per heavy atom. The number of hydrogen-bond acceptors (Lipinski definition) is 4. The zero-order chi connectivity index (χ0) is 17.9. The number of amides is 1. The van der Waals surface area contributed by atoms with E-state index in [1.807, 2.05) is 22.9 Å². The Bertz CT molecular complexity index is 902. The second kappa shape index (κ2) is 7.33. The van der Waals surface area contributed by atoms with E-state index in [-0.39, 0.29) is 5.91 Å². The lowest BCUT2D eigenvalue weighted by molar-refractivity contribution is 0.0951. The molecule has 2 aromatic heterocycles. The summed E-state index contributed by atoms with van der Waals surface area (Å²) in [5, 5.41) is 14.1. The number of aromatic amines is 1. The molecule has 1 atom stereocenters. The smallest absolute Gasteiger partial charge is 0.255 e. The standard InChI is InChI=1S/C20H21N3O2S/c1-25-16-5-6-17-13(9-16)3-2-4-14(17)10-21-20(24)18-11-22-23-19(18)15-7-8-26-12-15/h5-9,11-12,14H,2-4,10H2,1H3,(H,21,24)(H,22,23). The van der Waals surface area contributed by atoms with Gasteiger partial charge >= 0.3 is 0 Å². The van der Waals surface area contributed by atoms with Gasteiger partial charge in [-0.3, -0.25) is 9.89 Å².